The molecule has 1 amide bonds. The first-order chi connectivity index (χ1) is 7.67. The van der Waals surface area contributed by atoms with Crippen molar-refractivity contribution in [2.24, 2.45) is 0 Å². The summed E-state index contributed by atoms with van der Waals surface area (Å²) in [6.45, 7) is 5.22. The first-order valence-electron chi connectivity index (χ1n) is 5.40. The molecule has 0 aromatic heterocycles. The molecule has 0 saturated heterocycles. The predicted molar refractivity (Wildman–Crippen MR) is 63.4 cm³/mol. The van der Waals surface area contributed by atoms with Crippen LogP contribution in [0, 0.1) is 5.82 Å². The van der Waals surface area contributed by atoms with Crippen LogP contribution in [0.2, 0.25) is 0 Å². The maximum absolute atomic E-state index is 12.9. The number of likely N-dealkylation sites (N-methyl/N-ethyl adjacent to an activating group) is 1. The molecule has 0 aliphatic carbocycles. The summed E-state index contributed by atoms with van der Waals surface area (Å²) in [6.07, 6.45) is 3.10. The molecule has 1 rings (SSSR count). The van der Waals surface area contributed by atoms with Crippen molar-refractivity contribution >= 4 is 12.0 Å². The first kappa shape index (κ1) is 12.4. The number of rotatable bonds is 4. The molecule has 86 valence electrons. The van der Waals surface area contributed by atoms with Gasteiger partial charge in [-0.05, 0) is 37.6 Å². The minimum atomic E-state index is -0.294. The molecule has 0 spiro atoms. The smallest absolute Gasteiger partial charge is 0.246 e. The monoisotopic (exact) mass is 221 g/mol. The van der Waals surface area contributed by atoms with E-state index in [4.69, 9.17) is 0 Å². The van der Waals surface area contributed by atoms with Crippen molar-refractivity contribution in [2.45, 2.75) is 13.8 Å². The van der Waals surface area contributed by atoms with Gasteiger partial charge in [-0.25, -0.2) is 4.39 Å². The average molecular weight is 221 g/mol. The third kappa shape index (κ3) is 3.50. The van der Waals surface area contributed by atoms with Gasteiger partial charge in [0.15, 0.2) is 0 Å². The fourth-order valence-electron chi connectivity index (χ4n) is 1.42. The molecule has 2 nitrogen and oxygen atoms in total. The largest absolute Gasteiger partial charge is 0.340 e. The van der Waals surface area contributed by atoms with Gasteiger partial charge in [0.05, 0.1) is 0 Å². The van der Waals surface area contributed by atoms with Crippen molar-refractivity contribution in [3.05, 3.63) is 41.7 Å². The second-order valence-corrected chi connectivity index (χ2v) is 3.40. The van der Waals surface area contributed by atoms with E-state index in [2.05, 4.69) is 0 Å². The zero-order valence-corrected chi connectivity index (χ0v) is 9.61. The lowest BCUT2D eigenvalue weighted by Gasteiger charge is -2.15. The van der Waals surface area contributed by atoms with Crippen molar-refractivity contribution in [1.82, 2.24) is 4.90 Å². The third-order valence-corrected chi connectivity index (χ3v) is 2.34. The van der Waals surface area contributed by atoms with Gasteiger partial charge >= 0.3 is 0 Å². The summed E-state index contributed by atoms with van der Waals surface area (Å²) >= 11 is 0. The van der Waals surface area contributed by atoms with E-state index in [9.17, 15) is 9.18 Å². The molecule has 0 atom stereocenters. The van der Waals surface area contributed by atoms with E-state index in [0.717, 1.165) is 0 Å². The van der Waals surface area contributed by atoms with E-state index in [1.165, 1.54) is 18.2 Å². The van der Waals surface area contributed by atoms with Crippen LogP contribution in [0.15, 0.2) is 30.3 Å². The van der Waals surface area contributed by atoms with E-state index >= 15 is 0 Å². The number of hydrogen-bond donors (Lipinski definition) is 0. The Hall–Kier alpha value is -1.64. The van der Waals surface area contributed by atoms with Crippen LogP contribution in [0.5, 0.6) is 0 Å². The number of benzene rings is 1. The lowest BCUT2D eigenvalue weighted by Crippen LogP contribution is -2.28. The molecular formula is C13H16FNO. The maximum Gasteiger partial charge on any atom is 0.246 e. The quantitative estimate of drug-likeness (QED) is 0.716. The fourth-order valence-corrected chi connectivity index (χ4v) is 1.42. The molecule has 0 saturated carbocycles. The predicted octanol–water partition coefficient (Wildman–Crippen LogP) is 2.71. The van der Waals surface area contributed by atoms with Gasteiger partial charge in [-0.2, -0.15) is 0 Å². The normalized spacial score (nSPS) is 10.7. The van der Waals surface area contributed by atoms with Crippen LogP contribution in [-0.2, 0) is 4.79 Å². The van der Waals surface area contributed by atoms with E-state index in [-0.39, 0.29) is 11.7 Å². The summed E-state index contributed by atoms with van der Waals surface area (Å²) in [4.78, 5) is 13.3. The highest BCUT2D eigenvalue weighted by atomic mass is 19.1. The molecule has 0 aliphatic rings. The summed E-state index contributed by atoms with van der Waals surface area (Å²) in [5.74, 6) is -0.341. The number of halogens is 1. The highest BCUT2D eigenvalue weighted by Gasteiger charge is 2.04. The van der Waals surface area contributed by atoms with E-state index < -0.39 is 0 Å². The van der Waals surface area contributed by atoms with Crippen molar-refractivity contribution < 1.29 is 9.18 Å². The topological polar surface area (TPSA) is 20.3 Å². The minimum Gasteiger partial charge on any atom is -0.340 e. The van der Waals surface area contributed by atoms with Crippen LogP contribution in [0.3, 0.4) is 0 Å². The standard InChI is InChI=1S/C13H16FNO/c1-3-15(4-2)13(16)9-8-11-6-5-7-12(14)10-11/h5-10H,3-4H2,1-2H3/b9-8+. The van der Waals surface area contributed by atoms with Crippen LogP contribution < -0.4 is 0 Å². The molecule has 3 heteroatoms. The molecule has 0 heterocycles. The van der Waals surface area contributed by atoms with E-state index in [1.807, 2.05) is 13.8 Å². The number of hydrogen-bond acceptors (Lipinski definition) is 1. The summed E-state index contributed by atoms with van der Waals surface area (Å²) < 4.78 is 12.9. The van der Waals surface area contributed by atoms with Gasteiger partial charge in [0.2, 0.25) is 5.91 Å². The molecule has 0 radical (unpaired) electrons. The van der Waals surface area contributed by atoms with Crippen LogP contribution in [0.1, 0.15) is 19.4 Å². The number of carbonyl (C=O) groups is 1. The molecule has 1 aromatic rings. The number of amides is 1. The zero-order valence-electron chi connectivity index (χ0n) is 9.61. The highest BCUT2D eigenvalue weighted by molar-refractivity contribution is 5.91. The van der Waals surface area contributed by atoms with Gasteiger partial charge in [-0.1, -0.05) is 12.1 Å². The first-order valence-corrected chi connectivity index (χ1v) is 5.40. The van der Waals surface area contributed by atoms with Gasteiger partial charge in [0.1, 0.15) is 5.82 Å². The molecular weight excluding hydrogens is 205 g/mol. The molecule has 0 bridgehead atoms. The van der Waals surface area contributed by atoms with Gasteiger partial charge in [0.25, 0.3) is 0 Å². The van der Waals surface area contributed by atoms with Crippen LogP contribution >= 0.6 is 0 Å². The lowest BCUT2D eigenvalue weighted by molar-refractivity contribution is -0.125. The van der Waals surface area contributed by atoms with Gasteiger partial charge < -0.3 is 4.90 Å². The number of nitrogens with zero attached hydrogens (tertiary/aromatic N) is 1. The Balaban J connectivity index is 2.70. The summed E-state index contributed by atoms with van der Waals surface area (Å²) in [5, 5.41) is 0. The maximum atomic E-state index is 12.9. The Kier molecular flexibility index (Phi) is 4.70. The number of carbonyl (C=O) groups excluding carboxylic acids is 1. The van der Waals surface area contributed by atoms with Gasteiger partial charge in [-0.15, -0.1) is 0 Å². The second kappa shape index (κ2) is 6.05. The fraction of sp³-hybridized carbons (Fsp3) is 0.308. The van der Waals surface area contributed by atoms with Crippen LogP contribution in [0.25, 0.3) is 6.08 Å². The van der Waals surface area contributed by atoms with E-state index in [0.29, 0.717) is 18.7 Å². The lowest BCUT2D eigenvalue weighted by atomic mass is 10.2. The summed E-state index contributed by atoms with van der Waals surface area (Å²) in [6, 6.07) is 6.15. The van der Waals surface area contributed by atoms with Crippen LogP contribution in [-0.4, -0.2) is 23.9 Å². The van der Waals surface area contributed by atoms with Crippen molar-refractivity contribution in [3.63, 3.8) is 0 Å². The van der Waals surface area contributed by atoms with Crippen molar-refractivity contribution in [3.8, 4) is 0 Å². The molecule has 0 fully saturated rings. The molecule has 0 N–H and O–H groups in total. The van der Waals surface area contributed by atoms with E-state index in [1.54, 1.807) is 23.1 Å². The molecule has 0 unspecified atom stereocenters. The highest BCUT2D eigenvalue weighted by Crippen LogP contribution is 2.05. The zero-order chi connectivity index (χ0) is 12.0. The molecule has 0 aliphatic heterocycles. The Morgan fingerprint density at radius 2 is 2.06 bits per heavy atom. The van der Waals surface area contributed by atoms with Gasteiger partial charge in [0, 0.05) is 19.2 Å². The Morgan fingerprint density at radius 1 is 1.38 bits per heavy atom. The van der Waals surface area contributed by atoms with Crippen LogP contribution in [0.4, 0.5) is 4.39 Å². The SMILES string of the molecule is CCN(CC)C(=O)/C=C/c1cccc(F)c1. The summed E-state index contributed by atoms with van der Waals surface area (Å²) in [5.41, 5.74) is 0.695. The Bertz CT molecular complexity index is 383. The Labute approximate surface area is 95.4 Å². The van der Waals surface area contributed by atoms with Crippen molar-refractivity contribution in [2.75, 3.05) is 13.1 Å². The third-order valence-electron chi connectivity index (χ3n) is 2.34. The second-order valence-electron chi connectivity index (χ2n) is 3.40. The molecule has 1 aromatic carbocycles. The van der Waals surface area contributed by atoms with Gasteiger partial charge in [-0.3, -0.25) is 4.79 Å². The Morgan fingerprint density at radius 3 is 2.62 bits per heavy atom. The van der Waals surface area contributed by atoms with Crippen molar-refractivity contribution in [1.29, 1.82) is 0 Å². The average Bonchev–Trinajstić information content (AvgIpc) is 2.28. The summed E-state index contributed by atoms with van der Waals surface area (Å²) in [7, 11) is 0. The minimum absolute atomic E-state index is 0.0470. The molecule has 16 heavy (non-hydrogen) atoms.